The van der Waals surface area contributed by atoms with Crippen molar-refractivity contribution in [2.24, 2.45) is 5.92 Å². The first kappa shape index (κ1) is 16.8. The van der Waals surface area contributed by atoms with Crippen LogP contribution in [0.15, 0.2) is 0 Å². The van der Waals surface area contributed by atoms with Crippen molar-refractivity contribution in [2.75, 3.05) is 40.0 Å². The molecule has 0 spiro atoms. The van der Waals surface area contributed by atoms with Crippen LogP contribution in [0.3, 0.4) is 0 Å². The number of methoxy groups -OCH3 is 1. The Morgan fingerprint density at radius 2 is 1.88 bits per heavy atom. The summed E-state index contributed by atoms with van der Waals surface area (Å²) in [5.74, 6) is 0.271. The Balaban J connectivity index is 3.24. The molecule has 0 saturated carbocycles. The zero-order valence-corrected chi connectivity index (χ0v) is 11.8. The molecule has 4 nitrogen and oxygen atoms in total. The molecule has 0 amide bonds. The molecule has 0 aliphatic rings. The summed E-state index contributed by atoms with van der Waals surface area (Å²) in [6, 6.07) is 0. The summed E-state index contributed by atoms with van der Waals surface area (Å²) in [4.78, 5) is 0. The molecular weight excluding hydrogens is 218 g/mol. The second kappa shape index (κ2) is 9.83. The fourth-order valence-electron chi connectivity index (χ4n) is 1.24. The van der Waals surface area contributed by atoms with Gasteiger partial charge in [-0.15, -0.1) is 0 Å². The second-order valence-electron chi connectivity index (χ2n) is 5.00. The molecule has 0 aromatic rings. The van der Waals surface area contributed by atoms with E-state index in [1.54, 1.807) is 7.11 Å². The second-order valence-corrected chi connectivity index (χ2v) is 5.00. The Bertz CT molecular complexity index is 172. The highest BCUT2D eigenvalue weighted by Crippen LogP contribution is 2.14. The molecule has 17 heavy (non-hydrogen) atoms. The van der Waals surface area contributed by atoms with Crippen molar-refractivity contribution in [3.05, 3.63) is 0 Å². The monoisotopic (exact) mass is 247 g/mol. The molecule has 1 atom stereocenters. The van der Waals surface area contributed by atoms with Crippen LogP contribution in [0.4, 0.5) is 0 Å². The molecule has 0 aromatic carbocycles. The van der Waals surface area contributed by atoms with E-state index in [1.807, 2.05) is 20.8 Å². The van der Waals surface area contributed by atoms with Crippen LogP contribution in [0.2, 0.25) is 0 Å². The SMILES string of the molecule is COCCOCCCCNCC(C)(O)C(C)C. The predicted octanol–water partition coefficient (Wildman–Crippen LogP) is 1.43. The molecule has 2 N–H and O–H groups in total. The van der Waals surface area contributed by atoms with E-state index < -0.39 is 5.60 Å². The van der Waals surface area contributed by atoms with E-state index in [-0.39, 0.29) is 5.92 Å². The fourth-order valence-corrected chi connectivity index (χ4v) is 1.24. The van der Waals surface area contributed by atoms with Gasteiger partial charge in [0, 0.05) is 20.3 Å². The van der Waals surface area contributed by atoms with Gasteiger partial charge in [-0.2, -0.15) is 0 Å². The third kappa shape index (κ3) is 9.53. The first-order valence-electron chi connectivity index (χ1n) is 6.50. The summed E-state index contributed by atoms with van der Waals surface area (Å²) in [6.07, 6.45) is 2.11. The average Bonchev–Trinajstić information content (AvgIpc) is 2.26. The van der Waals surface area contributed by atoms with Gasteiger partial charge in [0.05, 0.1) is 18.8 Å². The third-order valence-electron chi connectivity index (χ3n) is 3.05. The van der Waals surface area contributed by atoms with Gasteiger partial charge in [-0.05, 0) is 32.2 Å². The molecule has 1 unspecified atom stereocenters. The van der Waals surface area contributed by atoms with Gasteiger partial charge in [0.1, 0.15) is 0 Å². The quantitative estimate of drug-likeness (QED) is 0.542. The summed E-state index contributed by atoms with van der Waals surface area (Å²) < 4.78 is 10.2. The van der Waals surface area contributed by atoms with Crippen LogP contribution in [0.5, 0.6) is 0 Å². The first-order valence-corrected chi connectivity index (χ1v) is 6.50. The average molecular weight is 247 g/mol. The van der Waals surface area contributed by atoms with Gasteiger partial charge in [0.2, 0.25) is 0 Å². The summed E-state index contributed by atoms with van der Waals surface area (Å²) in [5, 5.41) is 13.3. The highest BCUT2D eigenvalue weighted by molar-refractivity contribution is 4.78. The van der Waals surface area contributed by atoms with Crippen molar-refractivity contribution in [1.29, 1.82) is 0 Å². The summed E-state index contributed by atoms with van der Waals surface area (Å²) >= 11 is 0. The lowest BCUT2D eigenvalue weighted by atomic mass is 9.92. The van der Waals surface area contributed by atoms with Crippen LogP contribution in [-0.4, -0.2) is 50.7 Å². The third-order valence-corrected chi connectivity index (χ3v) is 3.05. The van der Waals surface area contributed by atoms with Crippen molar-refractivity contribution >= 4 is 0 Å². The summed E-state index contributed by atoms with van der Waals surface area (Å²) in [7, 11) is 1.67. The lowest BCUT2D eigenvalue weighted by Gasteiger charge is -2.27. The molecule has 0 rings (SSSR count). The lowest BCUT2D eigenvalue weighted by molar-refractivity contribution is 0.0141. The number of hydrogen-bond donors (Lipinski definition) is 2. The van der Waals surface area contributed by atoms with Crippen molar-refractivity contribution in [2.45, 2.75) is 39.2 Å². The van der Waals surface area contributed by atoms with Gasteiger partial charge in [0.15, 0.2) is 0 Å². The van der Waals surface area contributed by atoms with Gasteiger partial charge in [0.25, 0.3) is 0 Å². The Kier molecular flexibility index (Phi) is 9.74. The van der Waals surface area contributed by atoms with Crippen LogP contribution in [0.25, 0.3) is 0 Å². The van der Waals surface area contributed by atoms with E-state index in [9.17, 15) is 5.11 Å². The van der Waals surface area contributed by atoms with Gasteiger partial charge in [-0.1, -0.05) is 13.8 Å². The van der Waals surface area contributed by atoms with Crippen molar-refractivity contribution < 1.29 is 14.6 Å². The van der Waals surface area contributed by atoms with Gasteiger partial charge in [-0.25, -0.2) is 0 Å². The summed E-state index contributed by atoms with van der Waals surface area (Å²) in [6.45, 7) is 9.63. The zero-order chi connectivity index (χ0) is 13.1. The van der Waals surface area contributed by atoms with E-state index in [1.165, 1.54) is 0 Å². The number of ether oxygens (including phenoxy) is 2. The number of rotatable bonds is 11. The normalized spacial score (nSPS) is 15.2. The summed E-state index contributed by atoms with van der Waals surface area (Å²) in [5.41, 5.74) is -0.616. The fraction of sp³-hybridized carbons (Fsp3) is 1.00. The van der Waals surface area contributed by atoms with Crippen molar-refractivity contribution in [3.63, 3.8) is 0 Å². The predicted molar refractivity (Wildman–Crippen MR) is 70.3 cm³/mol. The molecule has 0 saturated heterocycles. The van der Waals surface area contributed by atoms with Crippen molar-refractivity contribution in [1.82, 2.24) is 5.32 Å². The van der Waals surface area contributed by atoms with Crippen LogP contribution < -0.4 is 5.32 Å². The Labute approximate surface area is 106 Å². The van der Waals surface area contributed by atoms with Gasteiger partial charge < -0.3 is 19.9 Å². The zero-order valence-electron chi connectivity index (χ0n) is 11.8. The van der Waals surface area contributed by atoms with Gasteiger partial charge >= 0.3 is 0 Å². The van der Waals surface area contributed by atoms with Crippen LogP contribution in [0, 0.1) is 5.92 Å². The molecule has 104 valence electrons. The Morgan fingerprint density at radius 1 is 1.18 bits per heavy atom. The minimum Gasteiger partial charge on any atom is -0.389 e. The maximum atomic E-state index is 9.99. The van der Waals surface area contributed by atoms with E-state index in [0.29, 0.717) is 19.8 Å². The molecule has 4 heteroatoms. The van der Waals surface area contributed by atoms with Crippen LogP contribution in [-0.2, 0) is 9.47 Å². The Hall–Kier alpha value is -0.160. The maximum Gasteiger partial charge on any atom is 0.0766 e. The minimum absolute atomic E-state index is 0.271. The molecule has 0 aliphatic heterocycles. The number of unbranched alkanes of at least 4 members (excludes halogenated alkanes) is 1. The molecule has 0 aliphatic carbocycles. The van der Waals surface area contributed by atoms with Crippen molar-refractivity contribution in [3.8, 4) is 0 Å². The van der Waals surface area contributed by atoms with Crippen LogP contribution >= 0.6 is 0 Å². The van der Waals surface area contributed by atoms with Gasteiger partial charge in [-0.3, -0.25) is 0 Å². The van der Waals surface area contributed by atoms with E-state index >= 15 is 0 Å². The van der Waals surface area contributed by atoms with E-state index in [4.69, 9.17) is 9.47 Å². The molecule has 0 radical (unpaired) electrons. The maximum absolute atomic E-state index is 9.99. The smallest absolute Gasteiger partial charge is 0.0766 e. The molecule has 0 bridgehead atoms. The number of hydrogen-bond acceptors (Lipinski definition) is 4. The minimum atomic E-state index is -0.616. The Morgan fingerprint density at radius 3 is 2.47 bits per heavy atom. The molecule has 0 fully saturated rings. The van der Waals surface area contributed by atoms with E-state index in [0.717, 1.165) is 26.0 Å². The number of aliphatic hydroxyl groups is 1. The van der Waals surface area contributed by atoms with Crippen LogP contribution in [0.1, 0.15) is 33.6 Å². The number of nitrogens with one attached hydrogen (secondary N) is 1. The highest BCUT2D eigenvalue weighted by atomic mass is 16.5. The molecule has 0 aromatic heterocycles. The molecular formula is C13H29NO3. The standard InChI is InChI=1S/C13H29NO3/c1-12(2)13(3,15)11-14-7-5-6-8-17-10-9-16-4/h12,14-15H,5-11H2,1-4H3. The largest absolute Gasteiger partial charge is 0.389 e. The molecule has 0 heterocycles. The highest BCUT2D eigenvalue weighted by Gasteiger charge is 2.23. The first-order chi connectivity index (χ1) is 8.00. The topological polar surface area (TPSA) is 50.7 Å². The van der Waals surface area contributed by atoms with E-state index in [2.05, 4.69) is 5.32 Å². The lowest BCUT2D eigenvalue weighted by Crippen LogP contribution is -2.42.